The molecule has 2 unspecified atom stereocenters. The van der Waals surface area contributed by atoms with E-state index >= 15 is 0 Å². The number of carbonyl (C=O) groups is 7. The van der Waals surface area contributed by atoms with Gasteiger partial charge in [0.15, 0.2) is 11.6 Å². The first kappa shape index (κ1) is 73.2. The highest BCUT2D eigenvalue weighted by Crippen LogP contribution is 2.27. The standard InChI is InChI=1S/C16H23NO4S.C13H23N3O.C11H19NO3S.C8H17N3.C6H8O2/c1-3-5-7-8-9-11-22-13-12-14(18)17(16(13)20)21-15(19)10-6-4-2;1-5-7-9-12(17)13(14-6-2)15-10-8-11-16(3)4;1-2-3-4-5-6-7-16-9-8-10(13)12(15)11(9)14;1-4-9-8-10-6-5-7-11(2)3;1-2-3-4-5-6(7)8/h2,13H,3,5-12H2,1H3;1H,6-11H2,2-4H3,(H,14,15);9,15H,2-8H2,1H3;4-7H2,1-3H3;1H,3-5H2,(H,7,8). The van der Waals surface area contributed by atoms with Gasteiger partial charge in [-0.15, -0.1) is 65.6 Å². The number of carbonyl (C=O) groups excluding carboxylic acids is 6. The summed E-state index contributed by atoms with van der Waals surface area (Å²) in [6, 6.07) is 2.64. The fourth-order valence-corrected chi connectivity index (χ4v) is 8.30. The van der Waals surface area contributed by atoms with Crippen molar-refractivity contribution in [3.05, 3.63) is 0 Å². The number of hydrogen-bond acceptors (Lipinski definition) is 16. The average Bonchev–Trinajstić information content (AvgIpc) is 3.77. The largest absolute Gasteiger partial charge is 0.481 e. The van der Waals surface area contributed by atoms with Crippen LogP contribution in [0.5, 0.6) is 0 Å². The minimum absolute atomic E-state index is 0.00278. The maximum atomic E-state index is 12.1. The molecule has 0 aliphatic carbocycles. The Bertz CT molecular complexity index is 1820. The number of rotatable bonds is 33. The van der Waals surface area contributed by atoms with Crippen molar-refractivity contribution in [2.75, 3.05) is 79.0 Å². The molecule has 74 heavy (non-hydrogen) atoms. The van der Waals surface area contributed by atoms with Crippen LogP contribution in [0.2, 0.25) is 0 Å². The van der Waals surface area contributed by atoms with E-state index in [2.05, 4.69) is 81.8 Å². The van der Waals surface area contributed by atoms with E-state index < -0.39 is 40.8 Å². The number of aliphatic imine (C=N–C) groups is 3. The normalized spacial score (nSPS) is 14.6. The predicted molar refractivity (Wildman–Crippen MR) is 300 cm³/mol. The number of carboxylic acid groups (broad SMARTS) is 1. The number of nitrogens with zero attached hydrogens (tertiary/aromatic N) is 7. The Morgan fingerprint density at radius 1 is 0.676 bits per heavy atom. The fraction of sp³-hybridized carbons (Fsp3) is 0.722. The van der Waals surface area contributed by atoms with Crippen LogP contribution in [0.1, 0.15) is 163 Å². The van der Waals surface area contributed by atoms with Crippen LogP contribution in [0, 0.1) is 37.0 Å². The highest BCUT2D eigenvalue weighted by molar-refractivity contribution is 8.00. The van der Waals surface area contributed by atoms with Crippen LogP contribution in [-0.4, -0.2) is 173 Å². The third-order valence-electron chi connectivity index (χ3n) is 9.97. The summed E-state index contributed by atoms with van der Waals surface area (Å²) in [5, 5.41) is 20.2. The smallest absolute Gasteiger partial charge is 0.334 e. The molecule has 3 N–H and O–H groups in total. The van der Waals surface area contributed by atoms with Gasteiger partial charge in [0.1, 0.15) is 0 Å². The molecular formula is C54H90N8O10S2. The van der Waals surface area contributed by atoms with Crippen molar-refractivity contribution in [1.82, 2.24) is 25.2 Å². The molecule has 0 aromatic carbocycles. The lowest BCUT2D eigenvalue weighted by molar-refractivity contribution is -0.197. The van der Waals surface area contributed by atoms with Crippen LogP contribution >= 0.6 is 23.5 Å². The molecule has 0 aromatic rings. The van der Waals surface area contributed by atoms with Gasteiger partial charge in [-0.1, -0.05) is 65.2 Å². The number of carboxylic acids is 1. The zero-order chi connectivity index (χ0) is 56.4. The summed E-state index contributed by atoms with van der Waals surface area (Å²) in [5.41, 5.74) is 0. The number of amides is 4. The molecule has 0 bridgehead atoms. The molecule has 2 aliphatic heterocycles. The summed E-state index contributed by atoms with van der Waals surface area (Å²) >= 11 is 2.95. The Morgan fingerprint density at radius 2 is 1.19 bits per heavy atom. The minimum Gasteiger partial charge on any atom is -0.481 e. The Morgan fingerprint density at radius 3 is 1.66 bits per heavy atom. The molecule has 2 heterocycles. The highest BCUT2D eigenvalue weighted by Gasteiger charge is 2.42. The van der Waals surface area contributed by atoms with E-state index in [4.69, 9.17) is 34.4 Å². The number of nitrogens with one attached hydrogen (secondary N) is 1. The number of terminal acetylenes is 3. The lowest BCUT2D eigenvalue weighted by atomic mass is 10.2. The van der Waals surface area contributed by atoms with E-state index in [1.165, 1.54) is 68.5 Å². The zero-order valence-electron chi connectivity index (χ0n) is 46.0. The summed E-state index contributed by atoms with van der Waals surface area (Å²) in [5.74, 6) is 6.10. The number of ketones is 1. The molecule has 0 aromatic heterocycles. The molecule has 0 spiro atoms. The molecule has 2 aliphatic rings. The summed E-state index contributed by atoms with van der Waals surface area (Å²) < 4.78 is 0. The fourth-order valence-electron chi connectivity index (χ4n) is 5.98. The number of likely N-dealkylation sites (N-methyl/N-ethyl adjacent to an activating group) is 1. The van der Waals surface area contributed by atoms with Crippen LogP contribution in [0.15, 0.2) is 15.0 Å². The van der Waals surface area contributed by atoms with Crippen LogP contribution in [0.25, 0.3) is 0 Å². The van der Waals surface area contributed by atoms with Crippen molar-refractivity contribution >= 4 is 76.7 Å². The quantitative estimate of drug-likeness (QED) is 0.0142. The van der Waals surface area contributed by atoms with Gasteiger partial charge in [0, 0.05) is 51.7 Å². The first-order chi connectivity index (χ1) is 35.4. The summed E-state index contributed by atoms with van der Waals surface area (Å²) in [6.07, 6.45) is 31.5. The Kier molecular flexibility index (Phi) is 51.0. The maximum Gasteiger partial charge on any atom is 0.334 e. The molecule has 0 saturated carbocycles. The second kappa shape index (κ2) is 51.5. The van der Waals surface area contributed by atoms with Crippen molar-refractivity contribution in [2.45, 2.75) is 173 Å². The van der Waals surface area contributed by atoms with Gasteiger partial charge in [-0.05, 0) is 98.7 Å². The second-order valence-corrected chi connectivity index (χ2v) is 19.9. The van der Waals surface area contributed by atoms with Gasteiger partial charge in [-0.25, -0.2) is 14.8 Å². The maximum absolute atomic E-state index is 12.1. The van der Waals surface area contributed by atoms with E-state index in [9.17, 15) is 33.6 Å². The van der Waals surface area contributed by atoms with Crippen molar-refractivity contribution < 1.29 is 48.7 Å². The van der Waals surface area contributed by atoms with Crippen LogP contribution < -0.4 is 5.32 Å². The number of aliphatic carboxylic acids is 1. The third-order valence-corrected chi connectivity index (χ3v) is 12.6. The predicted octanol–water partition coefficient (Wildman–Crippen LogP) is 7.83. The van der Waals surface area contributed by atoms with Gasteiger partial charge >= 0.3 is 11.9 Å². The molecule has 4 amide bonds. The number of thioether (sulfide) groups is 2. The molecule has 2 saturated heterocycles. The number of imide groups is 2. The molecule has 0 radical (unpaired) electrons. The number of unbranched alkanes of at least 4 members (excludes halogenated alkanes) is 9. The molecule has 2 rings (SSSR count). The molecule has 418 valence electrons. The van der Waals surface area contributed by atoms with Crippen LogP contribution in [0.3, 0.4) is 0 Å². The van der Waals surface area contributed by atoms with Crippen molar-refractivity contribution in [3.63, 3.8) is 0 Å². The lowest BCUT2D eigenvalue weighted by Crippen LogP contribution is -2.33. The molecule has 18 nitrogen and oxygen atoms in total. The molecule has 2 atom stereocenters. The van der Waals surface area contributed by atoms with Crippen molar-refractivity contribution in [1.29, 1.82) is 0 Å². The number of hydrogen-bond donors (Lipinski definition) is 3. The molecule has 2 fully saturated rings. The summed E-state index contributed by atoms with van der Waals surface area (Å²) in [7, 11) is 8.16. The zero-order valence-corrected chi connectivity index (χ0v) is 47.6. The molecular weight excluding hydrogens is 985 g/mol. The van der Waals surface area contributed by atoms with Crippen LogP contribution in [-0.2, 0) is 38.4 Å². The first-order valence-corrected chi connectivity index (χ1v) is 28.1. The van der Waals surface area contributed by atoms with Gasteiger partial charge in [0.25, 0.3) is 23.6 Å². The van der Waals surface area contributed by atoms with Gasteiger partial charge < -0.3 is 25.1 Å². The number of amidine groups is 1. The second-order valence-electron chi connectivity index (χ2n) is 17.3. The average molecular weight is 1080 g/mol. The third kappa shape index (κ3) is 43.4. The van der Waals surface area contributed by atoms with Gasteiger partial charge in [-0.2, -0.15) is 5.06 Å². The van der Waals surface area contributed by atoms with Gasteiger partial charge in [0.05, 0.1) is 42.3 Å². The van der Waals surface area contributed by atoms with Crippen molar-refractivity contribution in [2.24, 2.45) is 15.0 Å². The van der Waals surface area contributed by atoms with E-state index in [0.29, 0.717) is 49.7 Å². The van der Waals surface area contributed by atoms with E-state index in [1.807, 2.05) is 27.9 Å². The van der Waals surface area contributed by atoms with E-state index in [0.717, 1.165) is 69.8 Å². The molecule has 20 heteroatoms. The topological polar surface area (TPSA) is 231 Å². The minimum atomic E-state index is -0.778. The number of Topliss-reactive ketones (excluding diaryl/α,β-unsaturated/α-hetero) is 1. The Balaban J connectivity index is -0.000000884. The lowest BCUT2D eigenvalue weighted by Gasteiger charge is -2.13. The first-order valence-electron chi connectivity index (χ1n) is 26.0. The van der Waals surface area contributed by atoms with E-state index in [1.54, 1.807) is 0 Å². The highest BCUT2D eigenvalue weighted by atomic mass is 32.2. The van der Waals surface area contributed by atoms with E-state index in [-0.39, 0.29) is 48.2 Å². The Labute approximate surface area is 452 Å². The summed E-state index contributed by atoms with van der Waals surface area (Å²) in [6.45, 7) is 13.3. The van der Waals surface area contributed by atoms with Crippen molar-refractivity contribution in [3.8, 4) is 37.0 Å². The Hall–Kier alpha value is -5.00. The van der Waals surface area contributed by atoms with Crippen LogP contribution in [0.4, 0.5) is 0 Å². The van der Waals surface area contributed by atoms with Gasteiger partial charge in [-0.3, -0.25) is 39.0 Å². The number of hydroxylamine groups is 4. The monoisotopic (exact) mass is 1070 g/mol. The SMILES string of the molecule is C#CCCC(=O)C(=NCCCN(C)C)NCC.C#CCCC(=O)ON1C(=O)CC(SCCCCCCC)C1=O.C#CCCCC(=O)O.CCCCCCCSC1CC(=O)N(O)C1=O.CCN=C=NCCCN(C)C. The summed E-state index contributed by atoms with van der Waals surface area (Å²) in [4.78, 5) is 100. The van der Waals surface area contributed by atoms with Gasteiger partial charge in [0.2, 0.25) is 0 Å².